The molecule has 0 atom stereocenters. The van der Waals surface area contributed by atoms with Crippen LogP contribution in [0.1, 0.15) is 12.5 Å². The van der Waals surface area contributed by atoms with Gasteiger partial charge in [-0.15, -0.1) is 0 Å². The topological polar surface area (TPSA) is 35.8 Å². The van der Waals surface area contributed by atoms with E-state index in [9.17, 15) is 0 Å². The van der Waals surface area contributed by atoms with Gasteiger partial charge in [-0.05, 0) is 30.7 Å². The smallest absolute Gasteiger partial charge is 0.0992 e. The van der Waals surface area contributed by atoms with Crippen molar-refractivity contribution in [3.8, 4) is 6.07 Å². The van der Waals surface area contributed by atoms with Gasteiger partial charge in [-0.2, -0.15) is 5.26 Å². The summed E-state index contributed by atoms with van der Waals surface area (Å²) in [6.07, 6.45) is 0. The number of hydrogen-bond acceptors (Lipinski definition) is 2. The Morgan fingerprint density at radius 2 is 2.33 bits per heavy atom. The molecule has 0 aliphatic carbocycles. The summed E-state index contributed by atoms with van der Waals surface area (Å²) in [6.45, 7) is 2.55. The lowest BCUT2D eigenvalue weighted by Gasteiger charge is -2.08. The molecule has 0 fully saturated rings. The van der Waals surface area contributed by atoms with Crippen LogP contribution < -0.4 is 5.32 Å². The monoisotopic (exact) mass is 240 g/mol. The molecule has 0 unspecified atom stereocenters. The zero-order valence-corrected chi connectivity index (χ0v) is 9.73. The van der Waals surface area contributed by atoms with Gasteiger partial charge in [0.25, 0.3) is 0 Å². The third-order valence-corrected chi connectivity index (χ3v) is 2.53. The van der Waals surface area contributed by atoms with Gasteiger partial charge in [0.05, 0.1) is 22.3 Å². The summed E-state index contributed by atoms with van der Waals surface area (Å²) in [7, 11) is 0. The van der Waals surface area contributed by atoms with E-state index in [1.54, 1.807) is 18.2 Å². The second-order valence-corrected chi connectivity index (χ2v) is 3.74. The van der Waals surface area contributed by atoms with Crippen LogP contribution in [-0.2, 0) is 0 Å². The normalized spacial score (nSPS) is 10.9. The molecule has 78 valence electrons. The van der Waals surface area contributed by atoms with E-state index in [4.69, 9.17) is 28.5 Å². The largest absolute Gasteiger partial charge is 0.380 e. The van der Waals surface area contributed by atoms with Crippen LogP contribution in [0.5, 0.6) is 0 Å². The van der Waals surface area contributed by atoms with Crippen LogP contribution in [0.3, 0.4) is 0 Å². The van der Waals surface area contributed by atoms with Gasteiger partial charge in [0, 0.05) is 12.1 Å². The second kappa shape index (κ2) is 5.65. The number of rotatable bonds is 3. The van der Waals surface area contributed by atoms with E-state index in [0.29, 0.717) is 17.1 Å². The van der Waals surface area contributed by atoms with E-state index in [1.165, 1.54) is 5.54 Å². The molecular formula is C11H10Cl2N2. The first-order valence-corrected chi connectivity index (χ1v) is 5.18. The van der Waals surface area contributed by atoms with Crippen molar-refractivity contribution in [3.63, 3.8) is 0 Å². The van der Waals surface area contributed by atoms with Crippen LogP contribution in [0, 0.1) is 11.3 Å². The van der Waals surface area contributed by atoms with Crippen molar-refractivity contribution in [2.75, 3.05) is 11.9 Å². The Hall–Kier alpha value is -1.17. The fourth-order valence-electron chi connectivity index (χ4n) is 1.00. The maximum atomic E-state index is 8.65. The van der Waals surface area contributed by atoms with Crippen molar-refractivity contribution >= 4 is 28.9 Å². The van der Waals surface area contributed by atoms with Crippen molar-refractivity contribution in [2.45, 2.75) is 6.92 Å². The minimum Gasteiger partial charge on any atom is -0.380 e. The number of anilines is 1. The molecule has 1 rings (SSSR count). The molecule has 0 aromatic heterocycles. The molecular weight excluding hydrogens is 231 g/mol. The quantitative estimate of drug-likeness (QED) is 0.874. The van der Waals surface area contributed by atoms with Crippen LogP contribution >= 0.6 is 23.2 Å². The Morgan fingerprint density at radius 1 is 1.60 bits per heavy atom. The summed E-state index contributed by atoms with van der Waals surface area (Å²) < 4.78 is 0. The zero-order valence-electron chi connectivity index (χ0n) is 8.22. The van der Waals surface area contributed by atoms with Crippen molar-refractivity contribution in [1.29, 1.82) is 5.26 Å². The first kappa shape index (κ1) is 11.9. The number of nitrogens with zero attached hydrogens (tertiary/aromatic N) is 1. The fraction of sp³-hybridized carbons (Fsp3) is 0.182. The predicted octanol–water partition coefficient (Wildman–Crippen LogP) is 3.77. The lowest BCUT2D eigenvalue weighted by molar-refractivity contribution is 1.21. The highest BCUT2D eigenvalue weighted by Gasteiger charge is 2.00. The van der Waals surface area contributed by atoms with E-state index in [0.717, 1.165) is 11.3 Å². The molecule has 2 nitrogen and oxygen atoms in total. The van der Waals surface area contributed by atoms with Gasteiger partial charge in [-0.3, -0.25) is 0 Å². The van der Waals surface area contributed by atoms with Gasteiger partial charge in [0.15, 0.2) is 0 Å². The van der Waals surface area contributed by atoms with Gasteiger partial charge in [0.1, 0.15) is 0 Å². The second-order valence-electron chi connectivity index (χ2n) is 3.12. The number of hydrogen-bond donors (Lipinski definition) is 1. The number of halogens is 2. The summed E-state index contributed by atoms with van der Waals surface area (Å²) in [5.41, 5.74) is 3.88. The average molecular weight is 241 g/mol. The Bertz CT molecular complexity index is 419. The SMILES string of the molecule is C/C(=C/Cl)CNc1ccc(C#N)cc1Cl. The van der Waals surface area contributed by atoms with Crippen LogP contribution in [-0.4, -0.2) is 6.54 Å². The Kier molecular flexibility index (Phi) is 4.48. The van der Waals surface area contributed by atoms with Gasteiger partial charge < -0.3 is 5.32 Å². The van der Waals surface area contributed by atoms with Crippen molar-refractivity contribution in [3.05, 3.63) is 39.9 Å². The maximum Gasteiger partial charge on any atom is 0.0992 e. The molecule has 15 heavy (non-hydrogen) atoms. The van der Waals surface area contributed by atoms with Crippen molar-refractivity contribution < 1.29 is 0 Å². The highest BCUT2D eigenvalue weighted by atomic mass is 35.5. The first-order valence-electron chi connectivity index (χ1n) is 4.36. The molecule has 0 spiro atoms. The lowest BCUT2D eigenvalue weighted by atomic mass is 10.2. The lowest BCUT2D eigenvalue weighted by Crippen LogP contribution is -2.02. The molecule has 4 heteroatoms. The fourth-order valence-corrected chi connectivity index (χ4v) is 1.33. The summed E-state index contributed by atoms with van der Waals surface area (Å²) in [4.78, 5) is 0. The molecule has 0 heterocycles. The third-order valence-electron chi connectivity index (χ3n) is 1.84. The van der Waals surface area contributed by atoms with Crippen LogP contribution in [0.15, 0.2) is 29.3 Å². The van der Waals surface area contributed by atoms with E-state index in [-0.39, 0.29) is 0 Å². The molecule has 0 saturated carbocycles. The van der Waals surface area contributed by atoms with Crippen LogP contribution in [0.4, 0.5) is 5.69 Å². The van der Waals surface area contributed by atoms with E-state index < -0.39 is 0 Å². The molecule has 0 aliphatic heterocycles. The minimum atomic E-state index is 0.538. The van der Waals surface area contributed by atoms with Gasteiger partial charge >= 0.3 is 0 Å². The van der Waals surface area contributed by atoms with Crippen LogP contribution in [0.25, 0.3) is 0 Å². The number of benzene rings is 1. The van der Waals surface area contributed by atoms with Gasteiger partial charge in [0.2, 0.25) is 0 Å². The van der Waals surface area contributed by atoms with E-state index >= 15 is 0 Å². The van der Waals surface area contributed by atoms with Crippen molar-refractivity contribution in [2.24, 2.45) is 0 Å². The third kappa shape index (κ3) is 3.47. The summed E-state index contributed by atoms with van der Waals surface area (Å²) >= 11 is 11.5. The maximum absolute atomic E-state index is 8.65. The van der Waals surface area contributed by atoms with E-state index in [2.05, 4.69) is 5.32 Å². The average Bonchev–Trinajstić information content (AvgIpc) is 2.26. The van der Waals surface area contributed by atoms with Crippen molar-refractivity contribution in [1.82, 2.24) is 0 Å². The Labute approximate surface area is 99.1 Å². The molecule has 1 aromatic rings. The molecule has 1 N–H and O–H groups in total. The minimum absolute atomic E-state index is 0.538. The Morgan fingerprint density at radius 3 is 2.87 bits per heavy atom. The van der Waals surface area contributed by atoms with Gasteiger partial charge in [-0.25, -0.2) is 0 Å². The summed E-state index contributed by atoms with van der Waals surface area (Å²) in [5.74, 6) is 0. The molecule has 0 radical (unpaired) electrons. The van der Waals surface area contributed by atoms with E-state index in [1.807, 2.05) is 13.0 Å². The standard InChI is InChI=1S/C11H10Cl2N2/c1-8(5-12)7-15-11-3-2-9(6-14)4-10(11)13/h2-5,15H,7H2,1H3/b8-5-. The van der Waals surface area contributed by atoms with Gasteiger partial charge in [-0.1, -0.05) is 23.2 Å². The zero-order chi connectivity index (χ0) is 11.3. The predicted molar refractivity (Wildman–Crippen MR) is 64.3 cm³/mol. The summed E-state index contributed by atoms with van der Waals surface area (Å²) in [6, 6.07) is 7.15. The highest BCUT2D eigenvalue weighted by Crippen LogP contribution is 2.22. The van der Waals surface area contributed by atoms with Crippen LogP contribution in [0.2, 0.25) is 5.02 Å². The molecule has 0 bridgehead atoms. The number of nitriles is 1. The molecule has 0 amide bonds. The summed E-state index contributed by atoms with van der Waals surface area (Å²) in [5, 5.41) is 12.3. The molecule has 0 saturated heterocycles. The first-order chi connectivity index (χ1) is 7.17. The Balaban J connectivity index is 2.75. The molecule has 1 aromatic carbocycles. The molecule has 0 aliphatic rings. The number of nitrogens with one attached hydrogen (secondary N) is 1. The highest BCUT2D eigenvalue weighted by molar-refractivity contribution is 6.33.